The zero-order valence-electron chi connectivity index (χ0n) is 14.5. The van der Waals surface area contributed by atoms with Gasteiger partial charge in [0.2, 0.25) is 5.89 Å². The Morgan fingerprint density at radius 2 is 2.27 bits per heavy atom. The summed E-state index contributed by atoms with van der Waals surface area (Å²) in [6.07, 6.45) is 0.521. The Kier molecular flexibility index (Phi) is 5.71. The molecule has 1 aromatic carbocycles. The number of benzene rings is 1. The molecule has 1 aliphatic heterocycles. The maximum Gasteiger partial charge on any atom is 0.288 e. The number of rotatable bonds is 6. The lowest BCUT2D eigenvalue weighted by atomic mass is 10.1. The lowest BCUT2D eigenvalue weighted by Gasteiger charge is -2.18. The van der Waals surface area contributed by atoms with E-state index in [2.05, 4.69) is 5.10 Å². The first-order chi connectivity index (χ1) is 12.3. The van der Waals surface area contributed by atoms with Crippen molar-refractivity contribution in [1.82, 2.24) is 14.7 Å². The number of ether oxygens (including phenoxy) is 1. The topological polar surface area (TPSA) is 77.6 Å². The van der Waals surface area contributed by atoms with Crippen molar-refractivity contribution >= 4 is 33.7 Å². The van der Waals surface area contributed by atoms with E-state index >= 15 is 0 Å². The minimum Gasteiger partial charge on any atom is -0.496 e. The highest BCUT2D eigenvalue weighted by Gasteiger charge is 2.32. The summed E-state index contributed by atoms with van der Waals surface area (Å²) in [7, 11) is 0.524. The quantitative estimate of drug-likeness (QED) is 0.668. The largest absolute Gasteiger partial charge is 0.496 e. The van der Waals surface area contributed by atoms with E-state index in [1.807, 2.05) is 24.1 Å². The molecule has 1 aliphatic rings. The first-order valence-electron chi connectivity index (χ1n) is 8.06. The fourth-order valence-electron chi connectivity index (χ4n) is 3.01. The number of methoxy groups -OCH3 is 1. The highest BCUT2D eigenvalue weighted by Crippen LogP contribution is 2.28. The van der Waals surface area contributed by atoms with Crippen molar-refractivity contribution < 1.29 is 17.6 Å². The van der Waals surface area contributed by atoms with Crippen LogP contribution in [0.4, 0.5) is 0 Å². The van der Waals surface area contributed by atoms with Crippen molar-refractivity contribution in [3.8, 4) is 5.75 Å². The molecule has 1 fully saturated rings. The molecule has 3 rings (SSSR count). The maximum atomic E-state index is 11.6. The van der Waals surface area contributed by atoms with Crippen molar-refractivity contribution in [2.75, 3.05) is 25.7 Å². The number of sulfone groups is 1. The van der Waals surface area contributed by atoms with E-state index in [0.717, 1.165) is 11.3 Å². The SMILES string of the molecule is COc1ccc(Cl)cc1CN(C)Cn1nc([C@H]2CCS(=O)(=O)C2)oc1=S. The average molecular weight is 418 g/mol. The summed E-state index contributed by atoms with van der Waals surface area (Å²) < 4.78 is 35.7. The number of hydrogen-bond donors (Lipinski definition) is 0. The van der Waals surface area contributed by atoms with E-state index in [-0.39, 0.29) is 22.3 Å². The van der Waals surface area contributed by atoms with Crippen molar-refractivity contribution in [2.24, 2.45) is 0 Å². The third-order valence-electron chi connectivity index (χ3n) is 4.26. The van der Waals surface area contributed by atoms with Gasteiger partial charge in [-0.15, -0.1) is 5.10 Å². The second kappa shape index (κ2) is 7.67. The lowest BCUT2D eigenvalue weighted by molar-refractivity contribution is 0.237. The Hall–Kier alpha value is -1.42. The normalized spacial score (nSPS) is 19.2. The van der Waals surface area contributed by atoms with Gasteiger partial charge in [-0.25, -0.2) is 13.1 Å². The molecule has 0 bridgehead atoms. The van der Waals surface area contributed by atoms with Crippen LogP contribution in [0, 0.1) is 4.84 Å². The van der Waals surface area contributed by atoms with Crippen LogP contribution in [0.3, 0.4) is 0 Å². The Labute approximate surface area is 162 Å². The third kappa shape index (κ3) is 4.46. The van der Waals surface area contributed by atoms with Crippen LogP contribution in [0.2, 0.25) is 5.02 Å². The number of nitrogens with zero attached hydrogens (tertiary/aromatic N) is 3. The highest BCUT2D eigenvalue weighted by molar-refractivity contribution is 7.91. The second-order valence-electron chi connectivity index (χ2n) is 6.42. The number of halogens is 1. The Balaban J connectivity index is 1.71. The molecule has 0 amide bonds. The number of aromatic nitrogens is 2. The minimum atomic E-state index is -3.00. The molecule has 0 unspecified atom stereocenters. The standard InChI is InChI=1S/C16H20ClN3O4S2/c1-19(8-12-7-13(17)3-4-14(12)23-2)10-20-16(25)24-15(18-20)11-5-6-26(21,22)9-11/h3-4,7,11H,5-6,8-10H2,1-2H3/t11-/m0/s1. The molecule has 0 saturated carbocycles. The molecule has 7 nitrogen and oxygen atoms in total. The predicted molar refractivity (Wildman–Crippen MR) is 101 cm³/mol. The first-order valence-corrected chi connectivity index (χ1v) is 10.7. The van der Waals surface area contributed by atoms with Gasteiger partial charge in [-0.2, -0.15) is 0 Å². The molecule has 1 atom stereocenters. The molecule has 26 heavy (non-hydrogen) atoms. The molecule has 0 spiro atoms. The maximum absolute atomic E-state index is 11.6. The van der Waals surface area contributed by atoms with Crippen molar-refractivity contribution in [2.45, 2.75) is 25.6 Å². The van der Waals surface area contributed by atoms with E-state index in [1.165, 1.54) is 0 Å². The molecular formula is C16H20ClN3O4S2. The van der Waals surface area contributed by atoms with Crippen LogP contribution in [0.25, 0.3) is 0 Å². The smallest absolute Gasteiger partial charge is 0.288 e. The first kappa shape index (κ1) is 19.3. The fourth-order valence-corrected chi connectivity index (χ4v) is 5.12. The van der Waals surface area contributed by atoms with E-state index in [4.69, 9.17) is 33.0 Å². The van der Waals surface area contributed by atoms with Gasteiger partial charge in [0, 0.05) is 17.1 Å². The highest BCUT2D eigenvalue weighted by atomic mass is 35.5. The molecule has 2 heterocycles. The van der Waals surface area contributed by atoms with Gasteiger partial charge in [-0.05, 0) is 43.9 Å². The van der Waals surface area contributed by atoms with E-state index in [9.17, 15) is 8.42 Å². The van der Waals surface area contributed by atoms with Crippen LogP contribution < -0.4 is 4.74 Å². The van der Waals surface area contributed by atoms with Crippen molar-refractivity contribution in [3.63, 3.8) is 0 Å². The Morgan fingerprint density at radius 1 is 1.50 bits per heavy atom. The van der Waals surface area contributed by atoms with Gasteiger partial charge in [-0.3, -0.25) is 4.90 Å². The minimum absolute atomic E-state index is 0.0673. The van der Waals surface area contributed by atoms with Gasteiger partial charge in [-0.1, -0.05) is 11.6 Å². The summed E-state index contributed by atoms with van der Waals surface area (Å²) in [4.78, 5) is 2.22. The molecule has 0 radical (unpaired) electrons. The zero-order chi connectivity index (χ0) is 18.9. The Bertz CT molecular complexity index is 955. The molecule has 10 heteroatoms. The molecular weight excluding hydrogens is 398 g/mol. The summed E-state index contributed by atoms with van der Waals surface area (Å²) >= 11 is 11.3. The average Bonchev–Trinajstić information content (AvgIpc) is 3.10. The lowest BCUT2D eigenvalue weighted by Crippen LogP contribution is -2.23. The zero-order valence-corrected chi connectivity index (χ0v) is 16.9. The van der Waals surface area contributed by atoms with Crippen molar-refractivity contribution in [3.05, 3.63) is 39.5 Å². The van der Waals surface area contributed by atoms with Crippen molar-refractivity contribution in [1.29, 1.82) is 0 Å². The summed E-state index contributed by atoms with van der Waals surface area (Å²) in [5, 5.41) is 5.02. The van der Waals surface area contributed by atoms with Gasteiger partial charge in [0.15, 0.2) is 9.84 Å². The van der Waals surface area contributed by atoms with Gasteiger partial charge in [0.25, 0.3) is 4.84 Å². The van der Waals surface area contributed by atoms with Gasteiger partial charge in [0.1, 0.15) is 5.75 Å². The van der Waals surface area contributed by atoms with Crippen LogP contribution in [-0.2, 0) is 23.1 Å². The van der Waals surface area contributed by atoms with Crippen LogP contribution in [-0.4, -0.2) is 48.8 Å². The van der Waals surface area contributed by atoms with Crippen LogP contribution in [0.5, 0.6) is 5.75 Å². The van der Waals surface area contributed by atoms with E-state index in [0.29, 0.717) is 30.5 Å². The predicted octanol–water partition coefficient (Wildman–Crippen LogP) is 2.86. The number of hydrogen-bond acceptors (Lipinski definition) is 7. The van der Waals surface area contributed by atoms with Gasteiger partial charge in [0.05, 0.1) is 31.2 Å². The summed E-state index contributed by atoms with van der Waals surface area (Å²) in [6, 6.07) is 5.46. The van der Waals surface area contributed by atoms with Crippen LogP contribution >= 0.6 is 23.8 Å². The summed E-state index contributed by atoms with van der Waals surface area (Å²) in [6.45, 7) is 0.975. The fraction of sp³-hybridized carbons (Fsp3) is 0.500. The van der Waals surface area contributed by atoms with Gasteiger partial charge < -0.3 is 9.15 Å². The van der Waals surface area contributed by atoms with Crippen LogP contribution in [0.15, 0.2) is 22.6 Å². The molecule has 0 aliphatic carbocycles. The van der Waals surface area contributed by atoms with E-state index in [1.54, 1.807) is 17.9 Å². The Morgan fingerprint density at radius 3 is 2.92 bits per heavy atom. The monoisotopic (exact) mass is 417 g/mol. The molecule has 142 valence electrons. The van der Waals surface area contributed by atoms with Crippen LogP contribution in [0.1, 0.15) is 23.8 Å². The summed E-state index contributed by atoms with van der Waals surface area (Å²) in [5.74, 6) is 1.16. The third-order valence-corrected chi connectivity index (χ3v) is 6.56. The molecule has 1 saturated heterocycles. The van der Waals surface area contributed by atoms with Gasteiger partial charge >= 0.3 is 0 Å². The molecule has 0 N–H and O–H groups in total. The second-order valence-corrected chi connectivity index (χ2v) is 9.43. The molecule has 1 aromatic heterocycles. The van der Waals surface area contributed by atoms with E-state index < -0.39 is 9.84 Å². The molecule has 2 aromatic rings. The summed E-state index contributed by atoms with van der Waals surface area (Å²) in [5.41, 5.74) is 0.944.